The second-order valence-corrected chi connectivity index (χ2v) is 5.04. The summed E-state index contributed by atoms with van der Waals surface area (Å²) in [6, 6.07) is 4.59. The normalized spacial score (nSPS) is 12.2. The maximum absolute atomic E-state index is 13.5. The van der Waals surface area contributed by atoms with E-state index in [-0.39, 0.29) is 11.4 Å². The van der Waals surface area contributed by atoms with Gasteiger partial charge in [-0.15, -0.1) is 0 Å². The first-order valence-corrected chi connectivity index (χ1v) is 5.60. The first-order valence-electron chi connectivity index (χ1n) is 5.22. The first-order chi connectivity index (χ1) is 7.36. The summed E-state index contributed by atoms with van der Waals surface area (Å²) >= 11 is 5.84. The largest absolute Gasteiger partial charge is 0.329 e. The number of likely N-dealkylation sites (N-methyl/N-ethyl adjacent to an activating group) is 1. The number of nitrogens with two attached hydrogens (primary N) is 1. The van der Waals surface area contributed by atoms with Gasteiger partial charge < -0.3 is 5.73 Å². The topological polar surface area (TPSA) is 29.3 Å². The third-order valence-electron chi connectivity index (χ3n) is 2.95. The number of hydrogen-bond donors (Lipinski definition) is 1. The predicted molar refractivity (Wildman–Crippen MR) is 66.0 cm³/mol. The predicted octanol–water partition coefficient (Wildman–Crippen LogP) is 2.65. The van der Waals surface area contributed by atoms with E-state index in [1.807, 2.05) is 25.8 Å². The van der Waals surface area contributed by atoms with Crippen LogP contribution < -0.4 is 5.73 Å². The Morgan fingerprint density at radius 2 is 2.06 bits per heavy atom. The summed E-state index contributed by atoms with van der Waals surface area (Å²) < 4.78 is 13.5. The van der Waals surface area contributed by atoms with E-state index in [1.165, 1.54) is 6.07 Å². The summed E-state index contributed by atoms with van der Waals surface area (Å²) in [5.41, 5.74) is 6.10. The molecule has 0 aliphatic rings. The highest BCUT2D eigenvalue weighted by Gasteiger charge is 2.22. The standard InChI is InChI=1S/C12H18ClFN2/c1-12(2,8-15)16(3)7-9-6-10(13)4-5-11(9)14/h4-6H,7-8,15H2,1-3H3. The van der Waals surface area contributed by atoms with Gasteiger partial charge >= 0.3 is 0 Å². The van der Waals surface area contributed by atoms with Gasteiger partial charge in [0.15, 0.2) is 0 Å². The van der Waals surface area contributed by atoms with Crippen molar-refractivity contribution >= 4 is 11.6 Å². The van der Waals surface area contributed by atoms with E-state index in [2.05, 4.69) is 0 Å². The fourth-order valence-electron chi connectivity index (χ4n) is 1.29. The molecule has 0 saturated carbocycles. The second kappa shape index (κ2) is 5.13. The summed E-state index contributed by atoms with van der Waals surface area (Å²) in [4.78, 5) is 2.02. The number of hydrogen-bond acceptors (Lipinski definition) is 2. The molecule has 0 heterocycles. The van der Waals surface area contributed by atoms with Crippen LogP contribution in [0.4, 0.5) is 4.39 Å². The first kappa shape index (κ1) is 13.4. The Labute approximate surface area is 101 Å². The van der Waals surface area contributed by atoms with Crippen LogP contribution in [-0.4, -0.2) is 24.0 Å². The van der Waals surface area contributed by atoms with Crippen LogP contribution in [0.5, 0.6) is 0 Å². The molecular weight excluding hydrogens is 227 g/mol. The minimum atomic E-state index is -0.232. The van der Waals surface area contributed by atoms with Gasteiger partial charge in [-0.05, 0) is 39.1 Å². The summed E-state index contributed by atoms with van der Waals surface area (Å²) in [5, 5.41) is 0.551. The lowest BCUT2D eigenvalue weighted by Gasteiger charge is -2.34. The van der Waals surface area contributed by atoms with E-state index >= 15 is 0 Å². The van der Waals surface area contributed by atoms with Gasteiger partial charge in [0.2, 0.25) is 0 Å². The van der Waals surface area contributed by atoms with Gasteiger partial charge in [0, 0.05) is 29.2 Å². The summed E-state index contributed by atoms with van der Waals surface area (Å²) in [6.45, 7) is 5.06. The maximum Gasteiger partial charge on any atom is 0.127 e. The van der Waals surface area contributed by atoms with Crippen molar-refractivity contribution in [2.24, 2.45) is 5.73 Å². The summed E-state index contributed by atoms with van der Waals surface area (Å²) in [5.74, 6) is -0.232. The van der Waals surface area contributed by atoms with Crippen LogP contribution in [0.1, 0.15) is 19.4 Å². The molecule has 0 radical (unpaired) electrons. The zero-order chi connectivity index (χ0) is 12.3. The molecule has 4 heteroatoms. The van der Waals surface area contributed by atoms with Crippen LogP contribution in [0.2, 0.25) is 5.02 Å². The van der Waals surface area contributed by atoms with E-state index in [9.17, 15) is 4.39 Å². The molecule has 0 spiro atoms. The lowest BCUT2D eigenvalue weighted by atomic mass is 10.0. The van der Waals surface area contributed by atoms with Gasteiger partial charge in [-0.1, -0.05) is 11.6 Å². The van der Waals surface area contributed by atoms with Gasteiger partial charge in [-0.3, -0.25) is 4.90 Å². The quantitative estimate of drug-likeness (QED) is 0.882. The van der Waals surface area contributed by atoms with Gasteiger partial charge in [-0.25, -0.2) is 4.39 Å². The molecule has 2 nitrogen and oxygen atoms in total. The zero-order valence-electron chi connectivity index (χ0n) is 9.93. The van der Waals surface area contributed by atoms with Crippen molar-refractivity contribution in [1.29, 1.82) is 0 Å². The highest BCUT2D eigenvalue weighted by atomic mass is 35.5. The van der Waals surface area contributed by atoms with E-state index < -0.39 is 0 Å². The molecule has 16 heavy (non-hydrogen) atoms. The highest BCUT2D eigenvalue weighted by Crippen LogP contribution is 2.19. The molecule has 0 atom stereocenters. The molecule has 0 saturated heterocycles. The average Bonchev–Trinajstić information content (AvgIpc) is 2.23. The Morgan fingerprint density at radius 3 is 2.62 bits per heavy atom. The van der Waals surface area contributed by atoms with E-state index in [0.717, 1.165) is 0 Å². The second-order valence-electron chi connectivity index (χ2n) is 4.61. The molecule has 1 aromatic rings. The van der Waals surface area contributed by atoms with E-state index in [0.29, 0.717) is 23.7 Å². The molecule has 0 aliphatic heterocycles. The molecule has 0 unspecified atom stereocenters. The van der Waals surface area contributed by atoms with Gasteiger partial charge in [0.1, 0.15) is 5.82 Å². The lowest BCUT2D eigenvalue weighted by Crippen LogP contribution is -2.46. The van der Waals surface area contributed by atoms with Crippen LogP contribution in [0.3, 0.4) is 0 Å². The van der Waals surface area contributed by atoms with Crippen molar-refractivity contribution in [3.05, 3.63) is 34.6 Å². The molecule has 2 N–H and O–H groups in total. The Bertz CT molecular complexity index is 366. The fraction of sp³-hybridized carbons (Fsp3) is 0.500. The molecule has 0 aromatic heterocycles. The third-order valence-corrected chi connectivity index (χ3v) is 3.18. The Morgan fingerprint density at radius 1 is 1.44 bits per heavy atom. The SMILES string of the molecule is CN(Cc1cc(Cl)ccc1F)C(C)(C)CN. The average molecular weight is 245 g/mol. The molecule has 0 fully saturated rings. The van der Waals surface area contributed by atoms with E-state index in [1.54, 1.807) is 12.1 Å². The minimum absolute atomic E-state index is 0.158. The number of benzene rings is 1. The Balaban J connectivity index is 2.84. The Hall–Kier alpha value is -0.640. The molecule has 0 amide bonds. The highest BCUT2D eigenvalue weighted by molar-refractivity contribution is 6.30. The van der Waals surface area contributed by atoms with Crippen molar-refractivity contribution < 1.29 is 4.39 Å². The molecule has 0 bridgehead atoms. The molecule has 1 aromatic carbocycles. The van der Waals surface area contributed by atoms with Crippen LogP contribution in [0.15, 0.2) is 18.2 Å². The van der Waals surface area contributed by atoms with Crippen molar-refractivity contribution in [3.63, 3.8) is 0 Å². The molecule has 90 valence electrons. The smallest absolute Gasteiger partial charge is 0.127 e. The number of nitrogens with zero attached hydrogens (tertiary/aromatic N) is 1. The molecule has 1 rings (SSSR count). The molecular formula is C12H18ClFN2. The zero-order valence-corrected chi connectivity index (χ0v) is 10.7. The number of halogens is 2. The van der Waals surface area contributed by atoms with Crippen molar-refractivity contribution in [1.82, 2.24) is 4.90 Å². The van der Waals surface area contributed by atoms with Crippen LogP contribution in [0, 0.1) is 5.82 Å². The van der Waals surface area contributed by atoms with Crippen molar-refractivity contribution in [3.8, 4) is 0 Å². The monoisotopic (exact) mass is 244 g/mol. The van der Waals surface area contributed by atoms with Gasteiger partial charge in [0.05, 0.1) is 0 Å². The summed E-state index contributed by atoms with van der Waals surface area (Å²) in [6.07, 6.45) is 0. The lowest BCUT2D eigenvalue weighted by molar-refractivity contribution is 0.154. The maximum atomic E-state index is 13.5. The number of rotatable bonds is 4. The van der Waals surface area contributed by atoms with Crippen molar-refractivity contribution in [2.45, 2.75) is 25.9 Å². The Kier molecular flexibility index (Phi) is 4.30. The third kappa shape index (κ3) is 3.17. The molecule has 0 aliphatic carbocycles. The van der Waals surface area contributed by atoms with Gasteiger partial charge in [-0.2, -0.15) is 0 Å². The van der Waals surface area contributed by atoms with Crippen LogP contribution >= 0.6 is 11.6 Å². The van der Waals surface area contributed by atoms with Crippen molar-refractivity contribution in [2.75, 3.05) is 13.6 Å². The fourth-order valence-corrected chi connectivity index (χ4v) is 1.48. The van der Waals surface area contributed by atoms with Crippen LogP contribution in [0.25, 0.3) is 0 Å². The van der Waals surface area contributed by atoms with Crippen LogP contribution in [-0.2, 0) is 6.54 Å². The van der Waals surface area contributed by atoms with E-state index in [4.69, 9.17) is 17.3 Å². The van der Waals surface area contributed by atoms with Gasteiger partial charge in [0.25, 0.3) is 0 Å². The minimum Gasteiger partial charge on any atom is -0.329 e. The summed E-state index contributed by atoms with van der Waals surface area (Å²) in [7, 11) is 1.92.